The number of carbonyl (C=O) groups excluding carboxylic acids is 1. The fourth-order valence-corrected chi connectivity index (χ4v) is 3.85. The maximum absolute atomic E-state index is 12.8. The predicted octanol–water partition coefficient (Wildman–Crippen LogP) is 2.64. The minimum atomic E-state index is 0.0676. The van der Waals surface area contributed by atoms with Gasteiger partial charge >= 0.3 is 0 Å². The summed E-state index contributed by atoms with van der Waals surface area (Å²) in [6.45, 7) is 6.54. The van der Waals surface area contributed by atoms with E-state index in [4.69, 9.17) is 9.47 Å². The predicted molar refractivity (Wildman–Crippen MR) is 96.6 cm³/mol. The first-order valence-electron chi connectivity index (χ1n) is 8.60. The van der Waals surface area contributed by atoms with Crippen molar-refractivity contribution in [3.8, 4) is 5.75 Å². The fraction of sp³-hybridized carbons (Fsp3) is 0.611. The molecule has 0 unspecified atom stereocenters. The van der Waals surface area contributed by atoms with Crippen molar-refractivity contribution in [3.05, 3.63) is 28.2 Å². The van der Waals surface area contributed by atoms with Crippen LogP contribution in [0.2, 0.25) is 0 Å². The summed E-state index contributed by atoms with van der Waals surface area (Å²) >= 11 is 3.44. The Morgan fingerprint density at radius 1 is 1.25 bits per heavy atom. The standard InChI is InChI=1S/C18H25BrN2O3/c1-23-17-3-2-15(19)12-16(17)18(22)21-6-4-14(5-7-21)13-20-8-10-24-11-9-20/h2-3,12,14H,4-11,13H2,1H3. The van der Waals surface area contributed by atoms with Gasteiger partial charge in [0.05, 0.1) is 25.9 Å². The summed E-state index contributed by atoms with van der Waals surface area (Å²) in [5, 5.41) is 0. The smallest absolute Gasteiger partial charge is 0.257 e. The first-order valence-corrected chi connectivity index (χ1v) is 9.39. The largest absolute Gasteiger partial charge is 0.496 e. The lowest BCUT2D eigenvalue weighted by Gasteiger charge is -2.36. The van der Waals surface area contributed by atoms with E-state index in [1.807, 2.05) is 23.1 Å². The summed E-state index contributed by atoms with van der Waals surface area (Å²) < 4.78 is 11.7. The second-order valence-corrected chi connectivity index (χ2v) is 7.41. The quantitative estimate of drug-likeness (QED) is 0.784. The summed E-state index contributed by atoms with van der Waals surface area (Å²) in [6, 6.07) is 5.58. The zero-order valence-corrected chi connectivity index (χ0v) is 15.8. The van der Waals surface area contributed by atoms with Crippen molar-refractivity contribution >= 4 is 21.8 Å². The minimum absolute atomic E-state index is 0.0676. The van der Waals surface area contributed by atoms with Crippen molar-refractivity contribution in [1.82, 2.24) is 9.80 Å². The van der Waals surface area contributed by atoms with Gasteiger partial charge in [-0.05, 0) is 37.0 Å². The lowest BCUT2D eigenvalue weighted by Crippen LogP contribution is -2.44. The van der Waals surface area contributed by atoms with Gasteiger partial charge in [0.2, 0.25) is 0 Å². The lowest BCUT2D eigenvalue weighted by molar-refractivity contribution is 0.0242. The van der Waals surface area contributed by atoms with Crippen LogP contribution in [0.5, 0.6) is 5.75 Å². The Kier molecular flexibility index (Phi) is 6.14. The van der Waals surface area contributed by atoms with E-state index in [0.29, 0.717) is 17.2 Å². The molecule has 0 spiro atoms. The summed E-state index contributed by atoms with van der Waals surface area (Å²) in [6.07, 6.45) is 2.14. The lowest BCUT2D eigenvalue weighted by atomic mass is 9.95. The number of ether oxygens (including phenoxy) is 2. The molecule has 2 fully saturated rings. The Hall–Kier alpha value is -1.11. The van der Waals surface area contributed by atoms with Crippen LogP contribution in [-0.4, -0.2) is 68.8 Å². The van der Waals surface area contributed by atoms with Gasteiger partial charge in [0, 0.05) is 37.2 Å². The van der Waals surface area contributed by atoms with E-state index in [9.17, 15) is 4.79 Å². The van der Waals surface area contributed by atoms with Crippen LogP contribution in [0.1, 0.15) is 23.2 Å². The maximum Gasteiger partial charge on any atom is 0.257 e. The van der Waals surface area contributed by atoms with E-state index >= 15 is 0 Å². The van der Waals surface area contributed by atoms with Crippen LogP contribution in [-0.2, 0) is 4.74 Å². The average molecular weight is 397 g/mol. The highest BCUT2D eigenvalue weighted by molar-refractivity contribution is 9.10. The van der Waals surface area contributed by atoms with E-state index in [0.717, 1.165) is 63.3 Å². The molecule has 2 aliphatic rings. The molecule has 0 bridgehead atoms. The van der Waals surface area contributed by atoms with Gasteiger partial charge in [-0.2, -0.15) is 0 Å². The van der Waals surface area contributed by atoms with Crippen LogP contribution in [0, 0.1) is 5.92 Å². The van der Waals surface area contributed by atoms with Crippen molar-refractivity contribution in [2.24, 2.45) is 5.92 Å². The Morgan fingerprint density at radius 3 is 2.62 bits per heavy atom. The van der Waals surface area contributed by atoms with E-state index in [-0.39, 0.29) is 5.91 Å². The number of likely N-dealkylation sites (tertiary alicyclic amines) is 1. The second kappa shape index (κ2) is 8.32. The molecule has 2 saturated heterocycles. The van der Waals surface area contributed by atoms with Crippen LogP contribution in [0.15, 0.2) is 22.7 Å². The number of halogens is 1. The SMILES string of the molecule is COc1ccc(Br)cc1C(=O)N1CCC(CN2CCOCC2)CC1. The van der Waals surface area contributed by atoms with Crippen molar-refractivity contribution in [3.63, 3.8) is 0 Å². The molecule has 0 saturated carbocycles. The number of hydrogen-bond donors (Lipinski definition) is 0. The highest BCUT2D eigenvalue weighted by Gasteiger charge is 2.27. The zero-order chi connectivity index (χ0) is 16.9. The summed E-state index contributed by atoms with van der Waals surface area (Å²) in [7, 11) is 1.61. The van der Waals surface area contributed by atoms with Crippen molar-refractivity contribution in [2.75, 3.05) is 53.0 Å². The fourth-order valence-electron chi connectivity index (χ4n) is 3.49. The molecule has 2 aliphatic heterocycles. The number of carbonyl (C=O) groups is 1. The molecular weight excluding hydrogens is 372 g/mol. The van der Waals surface area contributed by atoms with Gasteiger partial charge in [-0.1, -0.05) is 15.9 Å². The number of methoxy groups -OCH3 is 1. The van der Waals surface area contributed by atoms with Gasteiger partial charge in [-0.25, -0.2) is 0 Å². The number of benzene rings is 1. The number of nitrogens with zero attached hydrogens (tertiary/aromatic N) is 2. The first-order chi connectivity index (χ1) is 11.7. The summed E-state index contributed by atoms with van der Waals surface area (Å²) in [5.74, 6) is 1.38. The number of rotatable bonds is 4. The van der Waals surface area contributed by atoms with Crippen LogP contribution in [0.4, 0.5) is 0 Å². The Balaban J connectivity index is 1.56. The van der Waals surface area contributed by atoms with Gasteiger partial charge in [0.15, 0.2) is 0 Å². The number of piperidine rings is 1. The van der Waals surface area contributed by atoms with Crippen LogP contribution in [0.25, 0.3) is 0 Å². The van der Waals surface area contributed by atoms with Gasteiger partial charge in [-0.15, -0.1) is 0 Å². The minimum Gasteiger partial charge on any atom is -0.496 e. The Labute approximate surface area is 152 Å². The molecule has 1 aromatic carbocycles. The van der Waals surface area contributed by atoms with Crippen molar-refractivity contribution < 1.29 is 14.3 Å². The molecule has 0 radical (unpaired) electrons. The molecular formula is C18H25BrN2O3. The van der Waals surface area contributed by atoms with Crippen LogP contribution >= 0.6 is 15.9 Å². The second-order valence-electron chi connectivity index (χ2n) is 6.49. The molecule has 24 heavy (non-hydrogen) atoms. The molecule has 1 aromatic rings. The Bertz CT molecular complexity index is 567. The van der Waals surface area contributed by atoms with Crippen LogP contribution < -0.4 is 4.74 Å². The van der Waals surface area contributed by atoms with E-state index < -0.39 is 0 Å². The van der Waals surface area contributed by atoms with Crippen LogP contribution in [0.3, 0.4) is 0 Å². The number of hydrogen-bond acceptors (Lipinski definition) is 4. The first kappa shape index (κ1) is 17.7. The molecule has 5 nitrogen and oxygen atoms in total. The molecule has 0 atom stereocenters. The van der Waals surface area contributed by atoms with Gasteiger partial charge in [0.1, 0.15) is 5.75 Å². The molecule has 0 aromatic heterocycles. The third kappa shape index (κ3) is 4.29. The maximum atomic E-state index is 12.8. The van der Waals surface area contributed by atoms with Gasteiger partial charge in [0.25, 0.3) is 5.91 Å². The van der Waals surface area contributed by atoms with E-state index in [1.54, 1.807) is 7.11 Å². The Morgan fingerprint density at radius 2 is 1.96 bits per heavy atom. The van der Waals surface area contributed by atoms with E-state index in [2.05, 4.69) is 20.8 Å². The third-order valence-corrected chi connectivity index (χ3v) is 5.41. The van der Waals surface area contributed by atoms with Gasteiger partial charge in [-0.3, -0.25) is 9.69 Å². The highest BCUT2D eigenvalue weighted by atomic mass is 79.9. The number of morpholine rings is 1. The molecule has 0 aliphatic carbocycles. The molecule has 6 heteroatoms. The van der Waals surface area contributed by atoms with Gasteiger partial charge < -0.3 is 14.4 Å². The molecule has 132 valence electrons. The summed E-state index contributed by atoms with van der Waals surface area (Å²) in [4.78, 5) is 17.3. The molecule has 3 rings (SSSR count). The topological polar surface area (TPSA) is 42.0 Å². The van der Waals surface area contributed by atoms with E-state index in [1.165, 1.54) is 0 Å². The number of amides is 1. The summed E-state index contributed by atoms with van der Waals surface area (Å²) in [5.41, 5.74) is 0.638. The highest BCUT2D eigenvalue weighted by Crippen LogP contribution is 2.27. The average Bonchev–Trinajstić information content (AvgIpc) is 2.62. The molecule has 2 heterocycles. The van der Waals surface area contributed by atoms with Crippen molar-refractivity contribution in [1.29, 1.82) is 0 Å². The third-order valence-electron chi connectivity index (χ3n) is 4.91. The van der Waals surface area contributed by atoms with Crippen molar-refractivity contribution in [2.45, 2.75) is 12.8 Å². The molecule has 0 N–H and O–H groups in total. The zero-order valence-electron chi connectivity index (χ0n) is 14.2. The monoisotopic (exact) mass is 396 g/mol. The molecule has 1 amide bonds. The normalized spacial score (nSPS) is 20.2.